The van der Waals surface area contributed by atoms with E-state index in [0.29, 0.717) is 0 Å². The molecule has 11 heavy (non-hydrogen) atoms. The molecule has 0 fully saturated rings. The van der Waals surface area contributed by atoms with Gasteiger partial charge in [0.15, 0.2) is 11.4 Å². The summed E-state index contributed by atoms with van der Waals surface area (Å²) in [6.07, 6.45) is 1.26. The first kappa shape index (κ1) is 8.39. The van der Waals surface area contributed by atoms with Gasteiger partial charge in [0.1, 0.15) is 6.10 Å². The Bertz CT molecular complexity index is 199. The number of aliphatic hydroxyl groups is 2. The predicted molar refractivity (Wildman–Crippen MR) is 37.0 cm³/mol. The van der Waals surface area contributed by atoms with Crippen LogP contribution in [0.3, 0.4) is 0 Å². The molecule has 1 rings (SSSR count). The first-order valence-corrected chi connectivity index (χ1v) is 3.23. The highest BCUT2D eigenvalue weighted by Gasteiger charge is 2.44. The molecule has 0 unspecified atom stereocenters. The number of carbonyl (C=O) groups is 1. The summed E-state index contributed by atoms with van der Waals surface area (Å²) in [5.41, 5.74) is -1.76. The molecule has 0 aliphatic heterocycles. The van der Waals surface area contributed by atoms with Crippen LogP contribution in [0.2, 0.25) is 0 Å². The van der Waals surface area contributed by atoms with Crippen molar-refractivity contribution in [2.75, 3.05) is 13.7 Å². The second kappa shape index (κ2) is 2.73. The Labute approximate surface area is 64.1 Å². The smallest absolute Gasteiger partial charge is 0.192 e. The Balaban J connectivity index is 2.76. The summed E-state index contributed by atoms with van der Waals surface area (Å²) in [7, 11) is 1.36. The van der Waals surface area contributed by atoms with Crippen molar-refractivity contribution in [3.05, 3.63) is 12.2 Å². The molecule has 4 nitrogen and oxygen atoms in total. The van der Waals surface area contributed by atoms with E-state index in [1.165, 1.54) is 13.2 Å². The van der Waals surface area contributed by atoms with Crippen molar-refractivity contribution in [3.63, 3.8) is 0 Å². The zero-order chi connectivity index (χ0) is 8.48. The Morgan fingerprint density at radius 3 is 2.82 bits per heavy atom. The largest absolute Gasteiger partial charge is 0.385 e. The third-order valence-corrected chi connectivity index (χ3v) is 1.71. The van der Waals surface area contributed by atoms with Crippen LogP contribution in [0.4, 0.5) is 0 Å². The van der Waals surface area contributed by atoms with Gasteiger partial charge in [0.2, 0.25) is 0 Å². The molecule has 1 aliphatic rings. The van der Waals surface area contributed by atoms with Crippen LogP contribution in [0.25, 0.3) is 0 Å². The maximum atomic E-state index is 10.9. The van der Waals surface area contributed by atoms with Gasteiger partial charge in [0.25, 0.3) is 0 Å². The molecule has 0 spiro atoms. The summed E-state index contributed by atoms with van der Waals surface area (Å²) >= 11 is 0. The van der Waals surface area contributed by atoms with E-state index in [4.69, 9.17) is 5.11 Å². The fourth-order valence-corrected chi connectivity index (χ4v) is 1.00. The van der Waals surface area contributed by atoms with Gasteiger partial charge in [-0.3, -0.25) is 4.79 Å². The maximum Gasteiger partial charge on any atom is 0.192 e. The first-order chi connectivity index (χ1) is 5.11. The Morgan fingerprint density at radius 1 is 1.82 bits per heavy atom. The average molecular weight is 158 g/mol. The minimum absolute atomic E-state index is 0.181. The molecule has 0 bridgehead atoms. The molecule has 0 heterocycles. The highest BCUT2D eigenvalue weighted by molar-refractivity contribution is 6.00. The molecular weight excluding hydrogens is 148 g/mol. The lowest BCUT2D eigenvalue weighted by molar-refractivity contribution is -0.146. The van der Waals surface area contributed by atoms with E-state index in [1.807, 2.05) is 0 Å². The van der Waals surface area contributed by atoms with Crippen molar-refractivity contribution < 1.29 is 19.7 Å². The van der Waals surface area contributed by atoms with E-state index in [9.17, 15) is 9.90 Å². The van der Waals surface area contributed by atoms with E-state index in [1.54, 1.807) is 0 Å². The molecule has 0 radical (unpaired) electrons. The number of ether oxygens (including phenoxy) is 1. The molecule has 2 N–H and O–H groups in total. The fourth-order valence-electron chi connectivity index (χ4n) is 1.00. The average Bonchev–Trinajstić information content (AvgIpc) is 2.19. The van der Waals surface area contributed by atoms with Crippen LogP contribution >= 0.6 is 0 Å². The number of hydrogen-bond acceptors (Lipinski definition) is 4. The van der Waals surface area contributed by atoms with Crippen LogP contribution in [0.15, 0.2) is 12.2 Å². The standard InChI is InChI=1S/C7H10O4/c1-11-4-7(10)5(8)2-3-6(7)9/h2-3,5,8,10H,4H2,1H3/t5-,7+/m0/s1. The van der Waals surface area contributed by atoms with Crippen molar-refractivity contribution in [3.8, 4) is 0 Å². The van der Waals surface area contributed by atoms with Gasteiger partial charge in [0, 0.05) is 7.11 Å². The van der Waals surface area contributed by atoms with Crippen LogP contribution in [-0.2, 0) is 9.53 Å². The molecule has 1 aliphatic carbocycles. The molecule has 62 valence electrons. The molecule has 0 aromatic heterocycles. The second-order valence-corrected chi connectivity index (χ2v) is 2.53. The summed E-state index contributed by atoms with van der Waals surface area (Å²) in [6, 6.07) is 0. The maximum absolute atomic E-state index is 10.9. The molecule has 0 aromatic rings. The van der Waals surface area contributed by atoms with Crippen LogP contribution in [0, 0.1) is 0 Å². The minimum atomic E-state index is -1.76. The summed E-state index contributed by atoms with van der Waals surface area (Å²) in [5.74, 6) is -0.508. The summed E-state index contributed by atoms with van der Waals surface area (Å²) in [6.45, 7) is -0.181. The zero-order valence-corrected chi connectivity index (χ0v) is 6.15. The van der Waals surface area contributed by atoms with Crippen molar-refractivity contribution in [1.82, 2.24) is 0 Å². The van der Waals surface area contributed by atoms with Gasteiger partial charge in [0.05, 0.1) is 6.61 Å². The summed E-state index contributed by atoms with van der Waals surface area (Å²) in [4.78, 5) is 10.9. The Morgan fingerprint density at radius 2 is 2.45 bits per heavy atom. The van der Waals surface area contributed by atoms with E-state index < -0.39 is 17.5 Å². The highest BCUT2D eigenvalue weighted by atomic mass is 16.5. The highest BCUT2D eigenvalue weighted by Crippen LogP contribution is 2.20. The van der Waals surface area contributed by atoms with E-state index in [0.717, 1.165) is 6.08 Å². The first-order valence-electron chi connectivity index (χ1n) is 3.23. The van der Waals surface area contributed by atoms with Crippen molar-refractivity contribution in [1.29, 1.82) is 0 Å². The van der Waals surface area contributed by atoms with Gasteiger partial charge in [-0.15, -0.1) is 0 Å². The molecule has 0 aromatic carbocycles. The lowest BCUT2D eigenvalue weighted by Crippen LogP contribution is -2.48. The van der Waals surface area contributed by atoms with Gasteiger partial charge in [-0.2, -0.15) is 0 Å². The second-order valence-electron chi connectivity index (χ2n) is 2.53. The van der Waals surface area contributed by atoms with E-state index >= 15 is 0 Å². The third kappa shape index (κ3) is 1.20. The predicted octanol–water partition coefficient (Wildman–Crippen LogP) is -1.14. The lowest BCUT2D eigenvalue weighted by Gasteiger charge is -2.23. The van der Waals surface area contributed by atoms with E-state index in [-0.39, 0.29) is 6.61 Å². The molecule has 0 amide bonds. The molecule has 4 heteroatoms. The number of methoxy groups -OCH3 is 1. The molecule has 0 saturated carbocycles. The van der Waals surface area contributed by atoms with E-state index in [2.05, 4.69) is 4.74 Å². The van der Waals surface area contributed by atoms with Crippen molar-refractivity contribution >= 4 is 5.78 Å². The fraction of sp³-hybridized carbons (Fsp3) is 0.571. The van der Waals surface area contributed by atoms with Gasteiger partial charge < -0.3 is 14.9 Å². The van der Waals surface area contributed by atoms with Gasteiger partial charge >= 0.3 is 0 Å². The molecule has 2 atom stereocenters. The third-order valence-electron chi connectivity index (χ3n) is 1.71. The van der Waals surface area contributed by atoms with Gasteiger partial charge in [-0.25, -0.2) is 0 Å². The van der Waals surface area contributed by atoms with Gasteiger partial charge in [-0.05, 0) is 12.2 Å². The van der Waals surface area contributed by atoms with Crippen LogP contribution in [-0.4, -0.2) is 41.4 Å². The number of hydrogen-bond donors (Lipinski definition) is 2. The summed E-state index contributed by atoms with van der Waals surface area (Å²) < 4.78 is 4.60. The van der Waals surface area contributed by atoms with Crippen molar-refractivity contribution in [2.24, 2.45) is 0 Å². The Kier molecular flexibility index (Phi) is 2.08. The summed E-state index contributed by atoms with van der Waals surface area (Å²) in [5, 5.41) is 18.6. The van der Waals surface area contributed by atoms with Crippen LogP contribution in [0.1, 0.15) is 0 Å². The van der Waals surface area contributed by atoms with Crippen molar-refractivity contribution in [2.45, 2.75) is 11.7 Å². The topological polar surface area (TPSA) is 66.8 Å². The number of rotatable bonds is 2. The molecular formula is C7H10O4. The lowest BCUT2D eigenvalue weighted by atomic mass is 9.99. The SMILES string of the molecule is COC[C@]1(O)C(=O)C=C[C@@H]1O. The minimum Gasteiger partial charge on any atom is -0.385 e. The number of aliphatic hydroxyl groups excluding tert-OH is 1. The Hall–Kier alpha value is -0.710. The van der Waals surface area contributed by atoms with Crippen LogP contribution < -0.4 is 0 Å². The monoisotopic (exact) mass is 158 g/mol. The zero-order valence-electron chi connectivity index (χ0n) is 6.15. The van der Waals surface area contributed by atoms with Gasteiger partial charge in [-0.1, -0.05) is 0 Å². The quantitative estimate of drug-likeness (QED) is 0.533. The normalized spacial score (nSPS) is 36.6. The van der Waals surface area contributed by atoms with Crippen LogP contribution in [0.5, 0.6) is 0 Å². The number of ketones is 1. The number of carbonyl (C=O) groups excluding carboxylic acids is 1. The molecule has 0 saturated heterocycles.